The Labute approximate surface area is 161 Å². The van der Waals surface area contributed by atoms with Gasteiger partial charge < -0.3 is 19.3 Å². The molecule has 0 spiro atoms. The van der Waals surface area contributed by atoms with Crippen molar-refractivity contribution in [2.45, 2.75) is 12.8 Å². The predicted octanol–water partition coefficient (Wildman–Crippen LogP) is 3.98. The highest BCUT2D eigenvalue weighted by atomic mass is 35.5. The number of aryl methyl sites for hydroxylation is 1. The first kappa shape index (κ1) is 18.7. The first-order valence-corrected chi connectivity index (χ1v) is 8.57. The Kier molecular flexibility index (Phi) is 5.93. The largest absolute Gasteiger partial charge is 0.497 e. The van der Waals surface area contributed by atoms with Gasteiger partial charge in [0, 0.05) is 24.1 Å². The molecule has 0 aliphatic heterocycles. The fourth-order valence-electron chi connectivity index (χ4n) is 2.42. The van der Waals surface area contributed by atoms with E-state index in [1.807, 2.05) is 24.3 Å². The topological polar surface area (TPSA) is 86.5 Å². The summed E-state index contributed by atoms with van der Waals surface area (Å²) < 4.78 is 15.5. The first-order chi connectivity index (χ1) is 13.1. The number of hydrogen-bond donors (Lipinski definition) is 1. The molecule has 0 saturated carbocycles. The highest BCUT2D eigenvalue weighted by Crippen LogP contribution is 2.27. The number of amides is 1. The summed E-state index contributed by atoms with van der Waals surface area (Å²) in [7, 11) is 3.12. The highest BCUT2D eigenvalue weighted by Gasteiger charge is 2.12. The van der Waals surface area contributed by atoms with Gasteiger partial charge in [-0.2, -0.15) is 4.98 Å². The van der Waals surface area contributed by atoms with E-state index in [0.29, 0.717) is 40.3 Å². The molecule has 0 radical (unpaired) electrons. The summed E-state index contributed by atoms with van der Waals surface area (Å²) in [5, 5.41) is 7.15. The fraction of sp³-hybridized carbons (Fsp3) is 0.211. The van der Waals surface area contributed by atoms with Gasteiger partial charge in [-0.25, -0.2) is 0 Å². The van der Waals surface area contributed by atoms with Crippen molar-refractivity contribution in [3.63, 3.8) is 0 Å². The van der Waals surface area contributed by atoms with Crippen LogP contribution in [0.15, 0.2) is 47.0 Å². The number of halogens is 1. The summed E-state index contributed by atoms with van der Waals surface area (Å²) in [6.07, 6.45) is 0.524. The lowest BCUT2D eigenvalue weighted by atomic mass is 10.2. The molecule has 1 aromatic heterocycles. The number of nitrogens with one attached hydrogen (secondary N) is 1. The molecule has 0 aliphatic rings. The number of ether oxygens (including phenoxy) is 2. The van der Waals surface area contributed by atoms with Crippen LogP contribution in [0, 0.1) is 0 Å². The maximum Gasteiger partial charge on any atom is 0.227 e. The number of hydrogen-bond acceptors (Lipinski definition) is 6. The van der Waals surface area contributed by atoms with E-state index >= 15 is 0 Å². The third kappa shape index (κ3) is 4.77. The first-order valence-electron chi connectivity index (χ1n) is 8.19. The van der Waals surface area contributed by atoms with E-state index in [0.717, 1.165) is 5.56 Å². The Hall–Kier alpha value is -3.06. The van der Waals surface area contributed by atoms with Crippen molar-refractivity contribution >= 4 is 23.2 Å². The average Bonchev–Trinajstić information content (AvgIpc) is 3.16. The molecule has 0 bridgehead atoms. The second-order valence-corrected chi connectivity index (χ2v) is 6.05. The number of nitrogens with zero attached hydrogens (tertiary/aromatic N) is 2. The molecule has 140 valence electrons. The van der Waals surface area contributed by atoms with Crippen LogP contribution in [0.1, 0.15) is 12.3 Å². The molecule has 1 N–H and O–H groups in total. The molecular weight excluding hydrogens is 370 g/mol. The van der Waals surface area contributed by atoms with E-state index in [-0.39, 0.29) is 12.3 Å². The van der Waals surface area contributed by atoms with Gasteiger partial charge in [0.25, 0.3) is 0 Å². The van der Waals surface area contributed by atoms with Gasteiger partial charge in [-0.1, -0.05) is 28.9 Å². The molecule has 8 heteroatoms. The van der Waals surface area contributed by atoms with Crippen LogP contribution in [-0.2, 0) is 11.2 Å². The van der Waals surface area contributed by atoms with Gasteiger partial charge in [-0.3, -0.25) is 4.79 Å². The van der Waals surface area contributed by atoms with Crippen molar-refractivity contribution in [2.24, 2.45) is 0 Å². The zero-order valence-electron chi connectivity index (χ0n) is 14.9. The summed E-state index contributed by atoms with van der Waals surface area (Å²) in [4.78, 5) is 16.4. The van der Waals surface area contributed by atoms with Crippen LogP contribution in [0.4, 0.5) is 5.69 Å². The number of aromatic nitrogens is 2. The molecule has 3 rings (SSSR count). The predicted molar refractivity (Wildman–Crippen MR) is 101 cm³/mol. The van der Waals surface area contributed by atoms with Gasteiger partial charge in [-0.05, 0) is 30.3 Å². The third-order valence-corrected chi connectivity index (χ3v) is 4.09. The number of methoxy groups -OCH3 is 2. The standard InChI is InChI=1S/C19H18ClN3O4/c1-25-14-5-3-4-12(10-14)19-22-18(27-23-19)9-8-17(24)21-13-6-7-16(26-2)15(20)11-13/h3-7,10-11H,8-9H2,1-2H3,(H,21,24). The number of benzene rings is 2. The minimum Gasteiger partial charge on any atom is -0.497 e. The third-order valence-electron chi connectivity index (χ3n) is 3.80. The van der Waals surface area contributed by atoms with Gasteiger partial charge in [0.1, 0.15) is 11.5 Å². The molecule has 0 unspecified atom stereocenters. The average molecular weight is 388 g/mol. The van der Waals surface area contributed by atoms with Crippen LogP contribution >= 0.6 is 11.6 Å². The van der Waals surface area contributed by atoms with Gasteiger partial charge in [0.05, 0.1) is 19.2 Å². The summed E-state index contributed by atoms with van der Waals surface area (Å²) in [6, 6.07) is 12.4. The second-order valence-electron chi connectivity index (χ2n) is 5.64. The van der Waals surface area contributed by atoms with Gasteiger partial charge in [0.15, 0.2) is 0 Å². The van der Waals surface area contributed by atoms with Crippen molar-refractivity contribution in [3.8, 4) is 22.9 Å². The zero-order chi connectivity index (χ0) is 19.2. The number of rotatable bonds is 7. The summed E-state index contributed by atoms with van der Waals surface area (Å²) in [5.74, 6) is 1.90. The molecule has 1 heterocycles. The van der Waals surface area contributed by atoms with Crippen molar-refractivity contribution in [2.75, 3.05) is 19.5 Å². The summed E-state index contributed by atoms with van der Waals surface area (Å²) >= 11 is 6.05. The Bertz CT molecular complexity index is 942. The lowest BCUT2D eigenvalue weighted by Gasteiger charge is -2.07. The van der Waals surface area contributed by atoms with Crippen molar-refractivity contribution < 1.29 is 18.8 Å². The van der Waals surface area contributed by atoms with E-state index in [4.69, 9.17) is 25.6 Å². The molecule has 27 heavy (non-hydrogen) atoms. The van der Waals surface area contributed by atoms with E-state index in [1.54, 1.807) is 25.3 Å². The highest BCUT2D eigenvalue weighted by molar-refractivity contribution is 6.32. The minimum absolute atomic E-state index is 0.183. The molecule has 7 nitrogen and oxygen atoms in total. The summed E-state index contributed by atoms with van der Waals surface area (Å²) in [6.45, 7) is 0. The molecule has 0 aliphatic carbocycles. The number of anilines is 1. The SMILES string of the molecule is COc1cccc(-c2noc(CCC(=O)Nc3ccc(OC)c(Cl)c3)n2)c1. The van der Waals surface area contributed by atoms with E-state index in [2.05, 4.69) is 15.5 Å². The van der Waals surface area contributed by atoms with Crippen LogP contribution in [-0.4, -0.2) is 30.3 Å². The zero-order valence-corrected chi connectivity index (χ0v) is 15.6. The molecule has 0 saturated heterocycles. The quantitative estimate of drug-likeness (QED) is 0.659. The number of carbonyl (C=O) groups is 1. The normalized spacial score (nSPS) is 10.5. The molecule has 3 aromatic rings. The van der Waals surface area contributed by atoms with Crippen molar-refractivity contribution in [3.05, 3.63) is 53.4 Å². The maximum absolute atomic E-state index is 12.1. The molecule has 0 atom stereocenters. The van der Waals surface area contributed by atoms with Crippen LogP contribution < -0.4 is 14.8 Å². The maximum atomic E-state index is 12.1. The minimum atomic E-state index is -0.183. The van der Waals surface area contributed by atoms with Crippen molar-refractivity contribution in [1.29, 1.82) is 0 Å². The van der Waals surface area contributed by atoms with Gasteiger partial charge >= 0.3 is 0 Å². The fourth-order valence-corrected chi connectivity index (χ4v) is 2.68. The molecule has 1 amide bonds. The molecule has 0 fully saturated rings. The lowest BCUT2D eigenvalue weighted by molar-refractivity contribution is -0.116. The molecule has 2 aromatic carbocycles. The Morgan fingerprint density at radius 2 is 2.04 bits per heavy atom. The van der Waals surface area contributed by atoms with Crippen LogP contribution in [0.2, 0.25) is 5.02 Å². The monoisotopic (exact) mass is 387 g/mol. The Morgan fingerprint density at radius 1 is 1.19 bits per heavy atom. The van der Waals surface area contributed by atoms with E-state index in [1.165, 1.54) is 7.11 Å². The van der Waals surface area contributed by atoms with E-state index < -0.39 is 0 Å². The van der Waals surface area contributed by atoms with Crippen LogP contribution in [0.5, 0.6) is 11.5 Å². The Morgan fingerprint density at radius 3 is 2.78 bits per heavy atom. The Balaban J connectivity index is 1.58. The lowest BCUT2D eigenvalue weighted by Crippen LogP contribution is -2.12. The van der Waals surface area contributed by atoms with Crippen LogP contribution in [0.25, 0.3) is 11.4 Å². The number of carbonyl (C=O) groups excluding carboxylic acids is 1. The van der Waals surface area contributed by atoms with Crippen molar-refractivity contribution in [1.82, 2.24) is 10.1 Å². The van der Waals surface area contributed by atoms with Gasteiger partial charge in [0.2, 0.25) is 17.6 Å². The van der Waals surface area contributed by atoms with Gasteiger partial charge in [-0.15, -0.1) is 0 Å². The van der Waals surface area contributed by atoms with E-state index in [9.17, 15) is 4.79 Å². The second kappa shape index (κ2) is 8.55. The summed E-state index contributed by atoms with van der Waals surface area (Å²) in [5.41, 5.74) is 1.37. The molecular formula is C19H18ClN3O4. The van der Waals surface area contributed by atoms with Crippen LogP contribution in [0.3, 0.4) is 0 Å². The smallest absolute Gasteiger partial charge is 0.227 e.